The van der Waals surface area contributed by atoms with E-state index in [0.717, 1.165) is 0 Å². The molecule has 0 spiro atoms. The van der Waals surface area contributed by atoms with Crippen LogP contribution in [0.5, 0.6) is 0 Å². The summed E-state index contributed by atoms with van der Waals surface area (Å²) in [6.45, 7) is -0.0618. The van der Waals surface area contributed by atoms with Crippen LogP contribution in [0.15, 0.2) is 12.1 Å². The van der Waals surface area contributed by atoms with E-state index in [-0.39, 0.29) is 24.1 Å². The van der Waals surface area contributed by atoms with E-state index in [0.29, 0.717) is 5.56 Å². The largest absolute Gasteiger partial charge is 0.469 e. The standard InChI is InChI=1S/C11H11FN2O2/c1-16-11(15)4-8-7(5-13)2-3-10(12)9(8)6-14/h2-3H,4,6,14H2,1H3. The smallest absolute Gasteiger partial charge is 0.310 e. The van der Waals surface area contributed by atoms with E-state index in [1.165, 1.54) is 19.2 Å². The van der Waals surface area contributed by atoms with E-state index in [4.69, 9.17) is 11.0 Å². The highest BCUT2D eigenvalue weighted by molar-refractivity contribution is 5.74. The van der Waals surface area contributed by atoms with Crippen molar-refractivity contribution in [3.8, 4) is 6.07 Å². The predicted octanol–water partition coefficient (Wildman–Crippen LogP) is 0.872. The zero-order valence-corrected chi connectivity index (χ0v) is 8.79. The van der Waals surface area contributed by atoms with Gasteiger partial charge in [0, 0.05) is 12.1 Å². The molecule has 84 valence electrons. The van der Waals surface area contributed by atoms with Crippen molar-refractivity contribution in [3.05, 3.63) is 34.6 Å². The van der Waals surface area contributed by atoms with Crippen molar-refractivity contribution in [2.75, 3.05) is 7.11 Å². The minimum atomic E-state index is -0.531. The van der Waals surface area contributed by atoms with E-state index in [1.54, 1.807) is 0 Å². The fourth-order valence-corrected chi connectivity index (χ4v) is 1.41. The lowest BCUT2D eigenvalue weighted by atomic mass is 9.98. The number of hydrogen-bond donors (Lipinski definition) is 1. The highest BCUT2D eigenvalue weighted by Gasteiger charge is 2.15. The maximum Gasteiger partial charge on any atom is 0.310 e. The summed E-state index contributed by atoms with van der Waals surface area (Å²) < 4.78 is 17.9. The Kier molecular flexibility index (Phi) is 3.97. The normalized spacial score (nSPS) is 9.62. The molecule has 4 nitrogen and oxygen atoms in total. The average molecular weight is 222 g/mol. The first-order chi connectivity index (χ1) is 7.63. The van der Waals surface area contributed by atoms with Crippen LogP contribution in [0, 0.1) is 17.1 Å². The van der Waals surface area contributed by atoms with Crippen molar-refractivity contribution in [1.82, 2.24) is 0 Å². The molecule has 1 aromatic rings. The molecule has 0 saturated carbocycles. The Morgan fingerprint density at radius 2 is 2.25 bits per heavy atom. The Morgan fingerprint density at radius 1 is 1.56 bits per heavy atom. The molecular weight excluding hydrogens is 211 g/mol. The molecule has 0 bridgehead atoms. The fraction of sp³-hybridized carbons (Fsp3) is 0.273. The van der Waals surface area contributed by atoms with Gasteiger partial charge in [-0.05, 0) is 17.7 Å². The molecule has 0 atom stereocenters. The Labute approximate surface area is 92.4 Å². The number of halogens is 1. The quantitative estimate of drug-likeness (QED) is 0.770. The Balaban J connectivity index is 3.26. The Hall–Kier alpha value is -1.93. The molecule has 0 aliphatic rings. The van der Waals surface area contributed by atoms with Gasteiger partial charge in [-0.1, -0.05) is 0 Å². The molecule has 0 saturated heterocycles. The fourth-order valence-electron chi connectivity index (χ4n) is 1.41. The van der Waals surface area contributed by atoms with Crippen LogP contribution in [0.4, 0.5) is 4.39 Å². The van der Waals surface area contributed by atoms with Crippen LogP contribution in [0.2, 0.25) is 0 Å². The van der Waals surface area contributed by atoms with Crippen molar-refractivity contribution in [2.45, 2.75) is 13.0 Å². The van der Waals surface area contributed by atoms with Gasteiger partial charge in [0.15, 0.2) is 0 Å². The number of nitrogens with zero attached hydrogens (tertiary/aromatic N) is 1. The van der Waals surface area contributed by atoms with Crippen molar-refractivity contribution < 1.29 is 13.9 Å². The van der Waals surface area contributed by atoms with Crippen LogP contribution < -0.4 is 5.73 Å². The molecule has 5 heteroatoms. The van der Waals surface area contributed by atoms with E-state index < -0.39 is 11.8 Å². The molecule has 0 aliphatic carbocycles. The number of benzene rings is 1. The highest BCUT2D eigenvalue weighted by Crippen LogP contribution is 2.18. The van der Waals surface area contributed by atoms with Crippen LogP contribution in [-0.2, 0) is 22.5 Å². The summed E-state index contributed by atoms with van der Waals surface area (Å²) in [6.07, 6.45) is -0.149. The molecule has 0 aliphatic heterocycles. The SMILES string of the molecule is COC(=O)Cc1c(C#N)ccc(F)c1CN. The summed E-state index contributed by atoms with van der Waals surface area (Å²) in [5, 5.41) is 8.85. The topological polar surface area (TPSA) is 76.1 Å². The summed E-state index contributed by atoms with van der Waals surface area (Å²) in [7, 11) is 1.23. The highest BCUT2D eigenvalue weighted by atomic mass is 19.1. The van der Waals surface area contributed by atoms with Crippen molar-refractivity contribution in [1.29, 1.82) is 5.26 Å². The number of methoxy groups -OCH3 is 1. The lowest BCUT2D eigenvalue weighted by molar-refractivity contribution is -0.139. The molecule has 0 heterocycles. The number of carbonyl (C=O) groups excluding carboxylic acids is 1. The van der Waals surface area contributed by atoms with Gasteiger partial charge in [-0.2, -0.15) is 5.26 Å². The lowest BCUT2D eigenvalue weighted by Gasteiger charge is -2.09. The molecule has 0 fully saturated rings. The number of rotatable bonds is 3. The number of hydrogen-bond acceptors (Lipinski definition) is 4. The van der Waals surface area contributed by atoms with Gasteiger partial charge in [0.05, 0.1) is 25.2 Å². The van der Waals surface area contributed by atoms with Crippen molar-refractivity contribution in [2.24, 2.45) is 5.73 Å². The molecule has 0 amide bonds. The number of ether oxygens (including phenoxy) is 1. The van der Waals surface area contributed by atoms with Crippen LogP contribution in [-0.4, -0.2) is 13.1 Å². The molecular formula is C11H11FN2O2. The predicted molar refractivity (Wildman–Crippen MR) is 54.7 cm³/mol. The van der Waals surface area contributed by atoms with E-state index in [2.05, 4.69) is 4.74 Å². The number of nitrogens with two attached hydrogens (primary N) is 1. The summed E-state index contributed by atoms with van der Waals surface area (Å²) in [6, 6.07) is 4.39. The third kappa shape index (κ3) is 2.35. The Bertz CT molecular complexity index is 452. The number of carbonyl (C=O) groups is 1. The van der Waals surface area contributed by atoms with Gasteiger partial charge in [-0.25, -0.2) is 4.39 Å². The average Bonchev–Trinajstić information content (AvgIpc) is 2.29. The van der Waals surface area contributed by atoms with E-state index in [1.807, 2.05) is 6.07 Å². The van der Waals surface area contributed by atoms with Crippen molar-refractivity contribution >= 4 is 5.97 Å². The van der Waals surface area contributed by atoms with Gasteiger partial charge in [0.2, 0.25) is 0 Å². The maximum atomic E-state index is 13.4. The molecule has 1 aromatic carbocycles. The van der Waals surface area contributed by atoms with Gasteiger partial charge in [-0.15, -0.1) is 0 Å². The number of nitriles is 1. The maximum absolute atomic E-state index is 13.4. The van der Waals surface area contributed by atoms with Gasteiger partial charge in [-0.3, -0.25) is 4.79 Å². The molecule has 1 rings (SSSR count). The minimum absolute atomic E-state index is 0.0618. The monoisotopic (exact) mass is 222 g/mol. The molecule has 0 radical (unpaired) electrons. The first-order valence-corrected chi connectivity index (χ1v) is 4.61. The van der Waals surface area contributed by atoms with E-state index >= 15 is 0 Å². The Morgan fingerprint density at radius 3 is 2.75 bits per heavy atom. The molecule has 0 unspecified atom stereocenters. The molecule has 16 heavy (non-hydrogen) atoms. The van der Waals surface area contributed by atoms with E-state index in [9.17, 15) is 9.18 Å². The van der Waals surface area contributed by atoms with Crippen molar-refractivity contribution in [3.63, 3.8) is 0 Å². The second-order valence-electron chi connectivity index (χ2n) is 3.12. The summed E-state index contributed by atoms with van der Waals surface area (Å²) >= 11 is 0. The summed E-state index contributed by atoms with van der Waals surface area (Å²) in [5.41, 5.74) is 6.12. The lowest BCUT2D eigenvalue weighted by Crippen LogP contribution is -2.12. The summed E-state index contributed by atoms with van der Waals surface area (Å²) in [4.78, 5) is 11.1. The molecule has 2 N–H and O–H groups in total. The first kappa shape index (κ1) is 12.1. The minimum Gasteiger partial charge on any atom is -0.469 e. The first-order valence-electron chi connectivity index (χ1n) is 4.61. The third-order valence-electron chi connectivity index (χ3n) is 2.25. The number of esters is 1. The van der Waals surface area contributed by atoms with Gasteiger partial charge in [0.25, 0.3) is 0 Å². The summed E-state index contributed by atoms with van der Waals surface area (Å²) in [5.74, 6) is -1.04. The zero-order chi connectivity index (χ0) is 12.1. The van der Waals surface area contributed by atoms with Crippen LogP contribution >= 0.6 is 0 Å². The van der Waals surface area contributed by atoms with Gasteiger partial charge >= 0.3 is 5.97 Å². The van der Waals surface area contributed by atoms with Crippen LogP contribution in [0.25, 0.3) is 0 Å². The second kappa shape index (κ2) is 5.24. The third-order valence-corrected chi connectivity index (χ3v) is 2.25. The van der Waals surface area contributed by atoms with Crippen LogP contribution in [0.3, 0.4) is 0 Å². The zero-order valence-electron chi connectivity index (χ0n) is 8.79. The van der Waals surface area contributed by atoms with Gasteiger partial charge in [0.1, 0.15) is 5.82 Å². The molecule has 0 aromatic heterocycles. The van der Waals surface area contributed by atoms with Gasteiger partial charge < -0.3 is 10.5 Å². The van der Waals surface area contributed by atoms with Crippen LogP contribution in [0.1, 0.15) is 16.7 Å². The second-order valence-corrected chi connectivity index (χ2v) is 3.12.